The van der Waals surface area contributed by atoms with Crippen LogP contribution in [0.3, 0.4) is 0 Å². The van der Waals surface area contributed by atoms with E-state index in [4.69, 9.17) is 4.74 Å². The first-order valence-electron chi connectivity index (χ1n) is 13.7. The first-order chi connectivity index (χ1) is 19.0. The molecule has 0 bridgehead atoms. The van der Waals surface area contributed by atoms with Gasteiger partial charge in [0.1, 0.15) is 11.6 Å². The molecule has 1 unspecified atom stereocenters. The highest BCUT2D eigenvalue weighted by molar-refractivity contribution is 5.92. The number of piperidine rings is 1. The SMILES string of the molecule is CC(=O)N1CCOC(n2c(-c3ccccc3)c(CN3CCC(c4c(F)cccc4F)CC3)c3ccccc32)C1. The van der Waals surface area contributed by atoms with E-state index in [0.717, 1.165) is 35.2 Å². The molecule has 2 saturated heterocycles. The summed E-state index contributed by atoms with van der Waals surface area (Å²) in [6.07, 6.45) is 1.11. The van der Waals surface area contributed by atoms with Crippen LogP contribution in [0.25, 0.3) is 22.2 Å². The Labute approximate surface area is 227 Å². The van der Waals surface area contributed by atoms with E-state index in [9.17, 15) is 13.6 Å². The standard InChI is InChI=1S/C32H33F2N3O2/c1-22(38)36-18-19-39-30(21-36)37-29-13-6-5-10-25(29)26(32(37)24-8-3-2-4-9-24)20-35-16-14-23(15-17-35)31-27(33)11-7-12-28(31)34/h2-13,23,30H,14-21H2,1H3. The second kappa shape index (κ2) is 10.9. The summed E-state index contributed by atoms with van der Waals surface area (Å²) >= 11 is 0. The quantitative estimate of drug-likeness (QED) is 0.303. The maximum atomic E-state index is 14.5. The van der Waals surface area contributed by atoms with E-state index in [1.165, 1.54) is 23.8 Å². The van der Waals surface area contributed by atoms with Crippen LogP contribution in [-0.2, 0) is 16.1 Å². The highest BCUT2D eigenvalue weighted by Gasteiger charge is 2.31. The Morgan fingerprint density at radius 1 is 0.897 bits per heavy atom. The molecule has 1 amide bonds. The van der Waals surface area contributed by atoms with Crippen LogP contribution >= 0.6 is 0 Å². The number of likely N-dealkylation sites (tertiary alicyclic amines) is 1. The molecule has 1 aromatic heterocycles. The number of para-hydroxylation sites is 1. The molecule has 4 aromatic rings. The Balaban J connectivity index is 1.36. The maximum absolute atomic E-state index is 14.5. The number of fused-ring (bicyclic) bond motifs is 1. The van der Waals surface area contributed by atoms with Crippen LogP contribution in [0.1, 0.15) is 43.0 Å². The number of rotatable bonds is 5. The lowest BCUT2D eigenvalue weighted by Crippen LogP contribution is -2.43. The van der Waals surface area contributed by atoms with E-state index in [1.54, 1.807) is 6.92 Å². The number of benzene rings is 3. The van der Waals surface area contributed by atoms with Crippen molar-refractivity contribution < 1.29 is 18.3 Å². The number of nitrogens with zero attached hydrogens (tertiary/aromatic N) is 3. The fraction of sp³-hybridized carbons (Fsp3) is 0.344. The number of carbonyl (C=O) groups is 1. The molecule has 0 aliphatic carbocycles. The van der Waals surface area contributed by atoms with E-state index >= 15 is 0 Å². The van der Waals surface area contributed by atoms with Crippen molar-refractivity contribution in [1.29, 1.82) is 0 Å². The van der Waals surface area contributed by atoms with Crippen molar-refractivity contribution in [1.82, 2.24) is 14.4 Å². The van der Waals surface area contributed by atoms with Gasteiger partial charge in [-0.25, -0.2) is 8.78 Å². The molecule has 2 aliphatic rings. The molecule has 1 atom stereocenters. The van der Waals surface area contributed by atoms with Gasteiger partial charge in [-0.3, -0.25) is 9.69 Å². The molecule has 39 heavy (non-hydrogen) atoms. The largest absolute Gasteiger partial charge is 0.354 e. The second-order valence-corrected chi connectivity index (χ2v) is 10.6. The Morgan fingerprint density at radius 3 is 2.31 bits per heavy atom. The first kappa shape index (κ1) is 25.7. The third-order valence-corrected chi connectivity index (χ3v) is 8.22. The monoisotopic (exact) mass is 529 g/mol. The van der Waals surface area contributed by atoms with Crippen molar-refractivity contribution >= 4 is 16.8 Å². The van der Waals surface area contributed by atoms with Gasteiger partial charge in [-0.1, -0.05) is 54.6 Å². The number of hydrogen-bond acceptors (Lipinski definition) is 3. The Hall–Kier alpha value is -3.55. The van der Waals surface area contributed by atoms with E-state index in [0.29, 0.717) is 39.1 Å². The number of ether oxygens (including phenoxy) is 1. The van der Waals surface area contributed by atoms with Gasteiger partial charge in [-0.05, 0) is 61.2 Å². The molecule has 0 radical (unpaired) electrons. The number of carbonyl (C=O) groups excluding carboxylic acids is 1. The molecule has 5 nitrogen and oxygen atoms in total. The fourth-order valence-corrected chi connectivity index (χ4v) is 6.28. The lowest BCUT2D eigenvalue weighted by atomic mass is 9.88. The highest BCUT2D eigenvalue weighted by atomic mass is 19.1. The third kappa shape index (κ3) is 4.97. The zero-order valence-electron chi connectivity index (χ0n) is 22.2. The topological polar surface area (TPSA) is 37.7 Å². The Morgan fingerprint density at radius 2 is 1.59 bits per heavy atom. The van der Waals surface area contributed by atoms with Crippen LogP contribution in [0.4, 0.5) is 8.78 Å². The van der Waals surface area contributed by atoms with Gasteiger partial charge < -0.3 is 14.2 Å². The lowest BCUT2D eigenvalue weighted by molar-refractivity contribution is -0.140. The van der Waals surface area contributed by atoms with Gasteiger partial charge in [0.2, 0.25) is 5.91 Å². The number of morpholine rings is 1. The summed E-state index contributed by atoms with van der Waals surface area (Å²) in [4.78, 5) is 16.5. The molecule has 202 valence electrons. The van der Waals surface area contributed by atoms with Gasteiger partial charge in [0.15, 0.2) is 6.23 Å². The molecule has 0 N–H and O–H groups in total. The zero-order chi connectivity index (χ0) is 26.9. The van der Waals surface area contributed by atoms with Crippen LogP contribution in [-0.4, -0.2) is 53.1 Å². The van der Waals surface area contributed by atoms with Crippen LogP contribution < -0.4 is 0 Å². The van der Waals surface area contributed by atoms with Crippen molar-refractivity contribution in [2.75, 3.05) is 32.8 Å². The summed E-state index contributed by atoms with van der Waals surface area (Å²) in [5.74, 6) is -0.967. The molecule has 3 heterocycles. The van der Waals surface area contributed by atoms with Gasteiger partial charge in [0, 0.05) is 31.0 Å². The summed E-state index contributed by atoms with van der Waals surface area (Å²) in [5, 5.41) is 1.15. The second-order valence-electron chi connectivity index (χ2n) is 10.6. The Kier molecular flexibility index (Phi) is 7.19. The first-order valence-corrected chi connectivity index (χ1v) is 13.7. The summed E-state index contributed by atoms with van der Waals surface area (Å²) < 4.78 is 37.5. The maximum Gasteiger partial charge on any atom is 0.219 e. The van der Waals surface area contributed by atoms with E-state index < -0.39 is 11.6 Å². The van der Waals surface area contributed by atoms with Gasteiger partial charge >= 0.3 is 0 Å². The summed E-state index contributed by atoms with van der Waals surface area (Å²) in [6.45, 7) is 5.40. The van der Waals surface area contributed by atoms with Crippen molar-refractivity contribution in [3.05, 3.63) is 95.6 Å². The molecule has 6 rings (SSSR count). The molecular weight excluding hydrogens is 496 g/mol. The minimum absolute atomic E-state index is 0.0513. The molecule has 0 spiro atoms. The average Bonchev–Trinajstić information content (AvgIpc) is 3.28. The predicted molar refractivity (Wildman–Crippen MR) is 148 cm³/mol. The number of aromatic nitrogens is 1. The normalized spacial score (nSPS) is 19.1. The molecular formula is C32H33F2N3O2. The number of hydrogen-bond donors (Lipinski definition) is 0. The van der Waals surface area contributed by atoms with Crippen LogP contribution in [0.5, 0.6) is 0 Å². The average molecular weight is 530 g/mol. The molecule has 0 saturated carbocycles. The van der Waals surface area contributed by atoms with E-state index in [1.807, 2.05) is 29.2 Å². The van der Waals surface area contributed by atoms with Crippen molar-refractivity contribution in [2.45, 2.75) is 38.5 Å². The number of halogens is 2. The number of amides is 1. The molecule has 2 fully saturated rings. The fourth-order valence-electron chi connectivity index (χ4n) is 6.28. The van der Waals surface area contributed by atoms with Crippen molar-refractivity contribution in [3.63, 3.8) is 0 Å². The minimum atomic E-state index is -0.449. The summed E-state index contributed by atoms with van der Waals surface area (Å²) in [6, 6.07) is 22.8. The van der Waals surface area contributed by atoms with Gasteiger partial charge in [-0.15, -0.1) is 0 Å². The van der Waals surface area contributed by atoms with Crippen molar-refractivity contribution in [2.24, 2.45) is 0 Å². The van der Waals surface area contributed by atoms with Crippen LogP contribution in [0.2, 0.25) is 0 Å². The van der Waals surface area contributed by atoms with E-state index in [2.05, 4.69) is 39.8 Å². The zero-order valence-corrected chi connectivity index (χ0v) is 22.2. The smallest absolute Gasteiger partial charge is 0.219 e. The minimum Gasteiger partial charge on any atom is -0.354 e. The van der Waals surface area contributed by atoms with Gasteiger partial charge in [-0.2, -0.15) is 0 Å². The summed E-state index contributed by atoms with van der Waals surface area (Å²) in [7, 11) is 0. The van der Waals surface area contributed by atoms with Gasteiger partial charge in [0.25, 0.3) is 0 Å². The summed E-state index contributed by atoms with van der Waals surface area (Å²) in [5.41, 5.74) is 4.69. The van der Waals surface area contributed by atoms with Crippen LogP contribution in [0.15, 0.2) is 72.8 Å². The highest BCUT2D eigenvalue weighted by Crippen LogP contribution is 2.40. The van der Waals surface area contributed by atoms with Crippen LogP contribution in [0, 0.1) is 11.6 Å². The van der Waals surface area contributed by atoms with Crippen molar-refractivity contribution in [3.8, 4) is 11.3 Å². The molecule has 2 aliphatic heterocycles. The Bertz CT molecular complexity index is 1460. The predicted octanol–water partition coefficient (Wildman–Crippen LogP) is 6.34. The van der Waals surface area contributed by atoms with E-state index in [-0.39, 0.29) is 23.6 Å². The van der Waals surface area contributed by atoms with Gasteiger partial charge in [0.05, 0.1) is 24.4 Å². The molecule has 7 heteroatoms. The third-order valence-electron chi connectivity index (χ3n) is 8.22. The lowest BCUT2D eigenvalue weighted by Gasteiger charge is -2.35. The molecule has 3 aromatic carbocycles.